The highest BCUT2D eigenvalue weighted by molar-refractivity contribution is 7.91. The first-order chi connectivity index (χ1) is 9.80. The first kappa shape index (κ1) is 15.7. The number of hydrogen-bond donors (Lipinski definition) is 1. The zero-order valence-electron chi connectivity index (χ0n) is 11.6. The maximum absolute atomic E-state index is 12.4. The van der Waals surface area contributed by atoms with E-state index in [9.17, 15) is 13.2 Å². The van der Waals surface area contributed by atoms with Crippen molar-refractivity contribution in [2.24, 2.45) is 0 Å². The molecular formula is C13H15NO5S2. The van der Waals surface area contributed by atoms with Gasteiger partial charge in [-0.15, -0.1) is 11.3 Å². The molecule has 0 fully saturated rings. The van der Waals surface area contributed by atoms with E-state index in [1.54, 1.807) is 13.0 Å². The van der Waals surface area contributed by atoms with Crippen LogP contribution in [-0.2, 0) is 27.8 Å². The molecule has 2 heterocycles. The fourth-order valence-corrected chi connectivity index (χ4v) is 4.50. The maximum atomic E-state index is 12.4. The first-order valence-corrected chi connectivity index (χ1v) is 8.36. The topological polar surface area (TPSA) is 87.8 Å². The molecule has 0 aliphatic carbocycles. The monoisotopic (exact) mass is 329 g/mol. The summed E-state index contributed by atoms with van der Waals surface area (Å²) in [5.74, 6) is -0.307. The van der Waals surface area contributed by atoms with Gasteiger partial charge in [-0.05, 0) is 25.1 Å². The van der Waals surface area contributed by atoms with Crippen LogP contribution in [0.25, 0.3) is 0 Å². The molecule has 2 aromatic rings. The molecule has 21 heavy (non-hydrogen) atoms. The summed E-state index contributed by atoms with van der Waals surface area (Å²) in [5, 5.41) is 8.73. The Bertz CT molecular complexity index is 744. The van der Waals surface area contributed by atoms with E-state index in [4.69, 9.17) is 9.52 Å². The minimum absolute atomic E-state index is 0.141. The molecule has 2 rings (SSSR count). The minimum Gasteiger partial charge on any atom is -0.481 e. The van der Waals surface area contributed by atoms with Crippen molar-refractivity contribution in [2.75, 3.05) is 7.05 Å². The number of thiophene rings is 1. The predicted octanol–water partition coefficient (Wildman–Crippen LogP) is 2.10. The summed E-state index contributed by atoms with van der Waals surface area (Å²) in [6, 6.07) is 4.70. The van der Waals surface area contributed by atoms with Gasteiger partial charge in [-0.25, -0.2) is 8.42 Å². The van der Waals surface area contributed by atoms with Crippen LogP contribution >= 0.6 is 11.3 Å². The second-order valence-corrected chi connectivity index (χ2v) is 7.99. The van der Waals surface area contributed by atoms with Crippen molar-refractivity contribution in [3.63, 3.8) is 0 Å². The number of furan rings is 1. The fraction of sp³-hybridized carbons (Fsp3) is 0.308. The number of rotatable bonds is 6. The molecule has 1 N–H and O–H groups in total. The molecule has 0 radical (unpaired) electrons. The number of carbonyl (C=O) groups is 1. The van der Waals surface area contributed by atoms with Gasteiger partial charge in [0, 0.05) is 24.0 Å². The lowest BCUT2D eigenvalue weighted by Crippen LogP contribution is -2.25. The SMILES string of the molecule is Cc1occc1CN(C)S(=O)(=O)c1ccc(CC(=O)O)s1. The van der Waals surface area contributed by atoms with Gasteiger partial charge in [0.1, 0.15) is 9.97 Å². The number of aliphatic carboxylic acids is 1. The lowest BCUT2D eigenvalue weighted by Gasteiger charge is -2.15. The van der Waals surface area contributed by atoms with Crippen LogP contribution in [0.15, 0.2) is 33.1 Å². The Morgan fingerprint density at radius 2 is 2.10 bits per heavy atom. The van der Waals surface area contributed by atoms with Crippen molar-refractivity contribution in [1.29, 1.82) is 0 Å². The fourth-order valence-electron chi connectivity index (χ4n) is 1.79. The van der Waals surface area contributed by atoms with Crippen LogP contribution in [0, 0.1) is 6.92 Å². The highest BCUT2D eigenvalue weighted by Crippen LogP contribution is 2.26. The Kier molecular flexibility index (Phi) is 4.50. The van der Waals surface area contributed by atoms with E-state index in [1.807, 2.05) is 0 Å². The lowest BCUT2D eigenvalue weighted by atomic mass is 10.3. The second kappa shape index (κ2) is 6.00. The van der Waals surface area contributed by atoms with Crippen LogP contribution in [0.5, 0.6) is 0 Å². The first-order valence-electron chi connectivity index (χ1n) is 6.10. The molecule has 114 valence electrons. The number of carboxylic acid groups (broad SMARTS) is 1. The number of hydrogen-bond acceptors (Lipinski definition) is 5. The summed E-state index contributed by atoms with van der Waals surface area (Å²) >= 11 is 0.979. The minimum atomic E-state index is -3.63. The van der Waals surface area contributed by atoms with E-state index in [1.165, 1.54) is 29.7 Å². The molecular weight excluding hydrogens is 314 g/mol. The highest BCUT2D eigenvalue weighted by Gasteiger charge is 2.24. The van der Waals surface area contributed by atoms with Crippen LogP contribution in [-0.4, -0.2) is 30.8 Å². The molecule has 2 aromatic heterocycles. The number of aryl methyl sites for hydroxylation is 1. The summed E-state index contributed by atoms with van der Waals surface area (Å²) < 4.78 is 31.4. The Balaban J connectivity index is 2.19. The van der Waals surface area contributed by atoms with Crippen molar-refractivity contribution in [3.8, 4) is 0 Å². The standard InChI is InChI=1S/C13H15NO5S2/c1-9-10(5-6-19-9)8-14(2)21(17,18)13-4-3-11(20-13)7-12(15)16/h3-6H,7-8H2,1-2H3,(H,15,16). The summed E-state index contributed by atoms with van der Waals surface area (Å²) in [5.41, 5.74) is 0.795. The molecule has 0 aromatic carbocycles. The zero-order chi connectivity index (χ0) is 15.6. The van der Waals surface area contributed by atoms with Crippen LogP contribution < -0.4 is 0 Å². The Morgan fingerprint density at radius 3 is 2.67 bits per heavy atom. The Hall–Kier alpha value is -1.64. The molecule has 0 bridgehead atoms. The Labute approximate surface area is 126 Å². The van der Waals surface area contributed by atoms with Crippen LogP contribution in [0.3, 0.4) is 0 Å². The van der Waals surface area contributed by atoms with Crippen molar-refractivity contribution < 1.29 is 22.7 Å². The van der Waals surface area contributed by atoms with Crippen LogP contribution in [0.2, 0.25) is 0 Å². The van der Waals surface area contributed by atoms with Crippen molar-refractivity contribution in [2.45, 2.75) is 24.1 Å². The average molecular weight is 329 g/mol. The molecule has 0 atom stereocenters. The highest BCUT2D eigenvalue weighted by atomic mass is 32.2. The van der Waals surface area contributed by atoms with Gasteiger partial charge in [0.05, 0.1) is 12.7 Å². The third-order valence-electron chi connectivity index (χ3n) is 2.99. The molecule has 0 spiro atoms. The summed E-state index contributed by atoms with van der Waals surface area (Å²) in [7, 11) is -2.15. The zero-order valence-corrected chi connectivity index (χ0v) is 13.2. The largest absolute Gasteiger partial charge is 0.481 e. The van der Waals surface area contributed by atoms with E-state index in [0.29, 0.717) is 10.6 Å². The van der Waals surface area contributed by atoms with Crippen LogP contribution in [0.1, 0.15) is 16.2 Å². The summed E-state index contributed by atoms with van der Waals surface area (Å²) in [6.45, 7) is 1.97. The molecule has 0 saturated heterocycles. The summed E-state index contributed by atoms with van der Waals surface area (Å²) in [4.78, 5) is 11.2. The average Bonchev–Trinajstić information content (AvgIpc) is 2.99. The summed E-state index contributed by atoms with van der Waals surface area (Å²) in [6.07, 6.45) is 1.34. The normalized spacial score (nSPS) is 12.0. The number of nitrogens with zero attached hydrogens (tertiary/aromatic N) is 1. The number of carboxylic acids is 1. The van der Waals surface area contributed by atoms with Crippen molar-refractivity contribution in [1.82, 2.24) is 4.31 Å². The maximum Gasteiger partial charge on any atom is 0.308 e. The van der Waals surface area contributed by atoms with E-state index >= 15 is 0 Å². The second-order valence-electron chi connectivity index (χ2n) is 4.55. The van der Waals surface area contributed by atoms with Crippen LogP contribution in [0.4, 0.5) is 0 Å². The molecule has 6 nitrogen and oxygen atoms in total. The molecule has 8 heteroatoms. The van der Waals surface area contributed by atoms with Gasteiger partial charge in [-0.2, -0.15) is 4.31 Å². The quantitative estimate of drug-likeness (QED) is 0.877. The van der Waals surface area contributed by atoms with Gasteiger partial charge >= 0.3 is 5.97 Å². The smallest absolute Gasteiger partial charge is 0.308 e. The van der Waals surface area contributed by atoms with Gasteiger partial charge in [0.15, 0.2) is 0 Å². The third-order valence-corrected chi connectivity index (χ3v) is 6.34. The van der Waals surface area contributed by atoms with E-state index in [-0.39, 0.29) is 17.2 Å². The van der Waals surface area contributed by atoms with E-state index < -0.39 is 16.0 Å². The lowest BCUT2D eigenvalue weighted by molar-refractivity contribution is -0.136. The molecule has 0 amide bonds. The van der Waals surface area contributed by atoms with Gasteiger partial charge in [-0.3, -0.25) is 4.79 Å². The number of sulfonamides is 1. The van der Waals surface area contributed by atoms with Crippen molar-refractivity contribution >= 4 is 27.3 Å². The predicted molar refractivity (Wildman–Crippen MR) is 77.8 cm³/mol. The van der Waals surface area contributed by atoms with Crippen molar-refractivity contribution in [3.05, 3.63) is 40.7 Å². The molecule has 0 aliphatic rings. The van der Waals surface area contributed by atoms with E-state index in [0.717, 1.165) is 16.9 Å². The van der Waals surface area contributed by atoms with Gasteiger partial charge in [0.2, 0.25) is 0 Å². The molecule has 0 saturated carbocycles. The van der Waals surface area contributed by atoms with Gasteiger partial charge in [0.25, 0.3) is 10.0 Å². The van der Waals surface area contributed by atoms with E-state index in [2.05, 4.69) is 0 Å². The molecule has 0 aliphatic heterocycles. The Morgan fingerprint density at radius 1 is 1.38 bits per heavy atom. The van der Waals surface area contributed by atoms with Gasteiger partial charge < -0.3 is 9.52 Å². The molecule has 0 unspecified atom stereocenters. The van der Waals surface area contributed by atoms with Gasteiger partial charge in [-0.1, -0.05) is 0 Å². The third kappa shape index (κ3) is 3.52.